The molecule has 13 rings (SSSR count). The first-order chi connectivity index (χ1) is 32.8. The lowest BCUT2D eigenvalue weighted by atomic mass is 9.67. The zero-order valence-corrected chi connectivity index (χ0v) is 36.0. The van der Waals surface area contributed by atoms with Gasteiger partial charge in [-0.05, 0) is 136 Å². The Bertz CT molecular complexity index is 3690. The Kier molecular flexibility index (Phi) is 8.72. The fraction of sp³-hybridized carbons (Fsp3) is 0.0161. The van der Waals surface area contributed by atoms with Crippen LogP contribution in [0.15, 0.2) is 255 Å². The van der Waals surface area contributed by atoms with Gasteiger partial charge in [0.15, 0.2) is 0 Å². The highest BCUT2D eigenvalue weighted by atomic mass is 15.1. The predicted molar refractivity (Wildman–Crippen MR) is 273 cm³/mol. The molecule has 9 aromatic carbocycles. The molecule has 0 saturated carbocycles. The van der Waals surface area contributed by atoms with Crippen molar-refractivity contribution in [3.05, 3.63) is 277 Å². The number of pyridine rings is 1. The lowest BCUT2D eigenvalue weighted by molar-refractivity contribution is 0.768. The van der Waals surface area contributed by atoms with Gasteiger partial charge in [0.05, 0.1) is 22.0 Å². The number of nitrogens with zero attached hydrogens (tertiary/aromatic N) is 4. The van der Waals surface area contributed by atoms with Crippen LogP contribution in [-0.4, -0.2) is 14.1 Å². The molecule has 0 unspecified atom stereocenters. The zero-order valence-electron chi connectivity index (χ0n) is 36.0. The molecule has 4 heteroatoms. The molecule has 4 nitrogen and oxygen atoms in total. The molecule has 3 aromatic heterocycles. The van der Waals surface area contributed by atoms with Crippen LogP contribution in [0.5, 0.6) is 0 Å². The Morgan fingerprint density at radius 2 is 0.939 bits per heavy atom. The zero-order chi connectivity index (χ0) is 43.6. The monoisotopic (exact) mass is 842 g/mol. The number of aromatic nitrogens is 3. The highest BCUT2D eigenvalue weighted by Crippen LogP contribution is 2.57. The lowest BCUT2D eigenvalue weighted by Gasteiger charge is -2.35. The van der Waals surface area contributed by atoms with Gasteiger partial charge in [-0.2, -0.15) is 0 Å². The van der Waals surface area contributed by atoms with Crippen molar-refractivity contribution in [3.63, 3.8) is 0 Å². The van der Waals surface area contributed by atoms with Crippen LogP contribution in [0.2, 0.25) is 0 Å². The predicted octanol–water partition coefficient (Wildman–Crippen LogP) is 15.6. The summed E-state index contributed by atoms with van der Waals surface area (Å²) in [4.78, 5) is 6.72. The van der Waals surface area contributed by atoms with Crippen molar-refractivity contribution in [2.75, 3.05) is 4.90 Å². The third-order valence-corrected chi connectivity index (χ3v) is 13.7. The average molecular weight is 843 g/mol. The second-order valence-electron chi connectivity index (χ2n) is 17.2. The lowest BCUT2D eigenvalue weighted by Crippen LogP contribution is -2.28. The molecule has 0 saturated heterocycles. The van der Waals surface area contributed by atoms with Gasteiger partial charge in [0, 0.05) is 63.2 Å². The standard InChI is InChI=1S/C62H42N4/c1-5-15-45(16-6-1)62(46-17-7-2-8-18-46)57-24-14-13-23-52(57)53-31-29-51(42-58(53)62)65(49-27-25-43(26-28-49)44-35-38-63-39-36-44)50-30-33-60-56(41-50)54-32-34-59-55(37-40-64(59)47-19-9-3-10-20-47)61(54)66(60)48-21-11-4-12-22-48/h1-42H. The molecule has 0 radical (unpaired) electrons. The minimum absolute atomic E-state index is 0.532. The molecule has 1 aliphatic rings. The van der Waals surface area contributed by atoms with Gasteiger partial charge in [-0.25, -0.2) is 0 Å². The minimum Gasteiger partial charge on any atom is -0.316 e. The largest absolute Gasteiger partial charge is 0.316 e. The van der Waals surface area contributed by atoms with E-state index < -0.39 is 5.41 Å². The van der Waals surface area contributed by atoms with Crippen molar-refractivity contribution in [1.29, 1.82) is 0 Å². The molecule has 0 N–H and O–H groups in total. The van der Waals surface area contributed by atoms with Crippen LogP contribution in [-0.2, 0) is 5.41 Å². The number of fused-ring (bicyclic) bond motifs is 8. The van der Waals surface area contributed by atoms with Crippen molar-refractivity contribution in [2.24, 2.45) is 0 Å². The summed E-state index contributed by atoms with van der Waals surface area (Å²) in [7, 11) is 0. The topological polar surface area (TPSA) is 26.0 Å². The average Bonchev–Trinajstić information content (AvgIpc) is 4.07. The van der Waals surface area contributed by atoms with Gasteiger partial charge in [-0.15, -0.1) is 0 Å². The van der Waals surface area contributed by atoms with Gasteiger partial charge in [0.2, 0.25) is 0 Å². The molecule has 310 valence electrons. The smallest absolute Gasteiger partial charge is 0.0714 e. The number of hydrogen-bond donors (Lipinski definition) is 0. The SMILES string of the molecule is c1ccc(-n2ccc3c2ccc2c4cc(N(c5ccc(-c6ccncc6)cc5)c5ccc6c(c5)C(c5ccccc5)(c5ccccc5)c5ccccc5-6)ccc4n(-c4ccccc4)c23)cc1. The van der Waals surface area contributed by atoms with E-state index in [1.54, 1.807) is 0 Å². The van der Waals surface area contributed by atoms with E-state index in [0.717, 1.165) is 45.1 Å². The molecule has 66 heavy (non-hydrogen) atoms. The number of benzene rings is 9. The van der Waals surface area contributed by atoms with Gasteiger partial charge in [0.25, 0.3) is 0 Å². The minimum atomic E-state index is -0.532. The molecule has 0 fully saturated rings. The summed E-state index contributed by atoms with van der Waals surface area (Å²) in [6.07, 6.45) is 5.91. The van der Waals surface area contributed by atoms with E-state index in [2.05, 4.69) is 262 Å². The van der Waals surface area contributed by atoms with Crippen molar-refractivity contribution < 1.29 is 0 Å². The third kappa shape index (κ3) is 5.75. The normalized spacial score (nSPS) is 12.7. The highest BCUT2D eigenvalue weighted by molar-refractivity contribution is 6.19. The number of anilines is 3. The van der Waals surface area contributed by atoms with Crippen LogP contribution in [0.4, 0.5) is 17.1 Å². The maximum Gasteiger partial charge on any atom is 0.0714 e. The molecule has 1 aliphatic carbocycles. The maximum absolute atomic E-state index is 4.28. The molecular formula is C62H42N4. The summed E-state index contributed by atoms with van der Waals surface area (Å²) in [5.41, 5.74) is 18.4. The molecule has 0 atom stereocenters. The summed E-state index contributed by atoms with van der Waals surface area (Å²) in [5, 5.41) is 3.60. The maximum atomic E-state index is 4.28. The molecule has 0 amide bonds. The molecule has 3 heterocycles. The number of para-hydroxylation sites is 2. The van der Waals surface area contributed by atoms with E-state index in [4.69, 9.17) is 0 Å². The fourth-order valence-corrected chi connectivity index (χ4v) is 10.9. The van der Waals surface area contributed by atoms with Crippen LogP contribution < -0.4 is 4.90 Å². The van der Waals surface area contributed by atoms with Gasteiger partial charge in [-0.3, -0.25) is 4.98 Å². The summed E-state index contributed by atoms with van der Waals surface area (Å²) in [5.74, 6) is 0. The first kappa shape index (κ1) is 37.8. The molecule has 0 spiro atoms. The summed E-state index contributed by atoms with van der Waals surface area (Å²) in [6.45, 7) is 0. The van der Waals surface area contributed by atoms with Crippen molar-refractivity contribution in [1.82, 2.24) is 14.1 Å². The Balaban J connectivity index is 1.06. The Morgan fingerprint density at radius 3 is 1.65 bits per heavy atom. The summed E-state index contributed by atoms with van der Waals surface area (Å²) in [6, 6.07) is 86.6. The molecule has 0 bridgehead atoms. The van der Waals surface area contributed by atoms with E-state index in [1.807, 2.05) is 12.4 Å². The Hall–Kier alpha value is -8.73. The van der Waals surface area contributed by atoms with Crippen molar-refractivity contribution in [2.45, 2.75) is 5.41 Å². The third-order valence-electron chi connectivity index (χ3n) is 13.7. The van der Waals surface area contributed by atoms with E-state index in [9.17, 15) is 0 Å². The van der Waals surface area contributed by atoms with E-state index >= 15 is 0 Å². The van der Waals surface area contributed by atoms with Crippen LogP contribution >= 0.6 is 0 Å². The van der Waals surface area contributed by atoms with Gasteiger partial charge >= 0.3 is 0 Å². The van der Waals surface area contributed by atoms with Crippen LogP contribution in [0, 0.1) is 0 Å². The van der Waals surface area contributed by atoms with Crippen LogP contribution in [0.3, 0.4) is 0 Å². The quantitative estimate of drug-likeness (QED) is 0.152. The van der Waals surface area contributed by atoms with E-state index in [-0.39, 0.29) is 0 Å². The molecular weight excluding hydrogens is 801 g/mol. The highest BCUT2D eigenvalue weighted by Gasteiger charge is 2.46. The van der Waals surface area contributed by atoms with Crippen molar-refractivity contribution in [3.8, 4) is 33.6 Å². The van der Waals surface area contributed by atoms with Gasteiger partial charge < -0.3 is 14.0 Å². The Labute approximate surface area is 383 Å². The fourth-order valence-electron chi connectivity index (χ4n) is 10.9. The van der Waals surface area contributed by atoms with Gasteiger partial charge in [0.1, 0.15) is 0 Å². The van der Waals surface area contributed by atoms with E-state index in [0.29, 0.717) is 0 Å². The second-order valence-corrected chi connectivity index (χ2v) is 17.2. The number of hydrogen-bond acceptors (Lipinski definition) is 2. The van der Waals surface area contributed by atoms with Crippen LogP contribution in [0.25, 0.3) is 66.3 Å². The molecule has 0 aliphatic heterocycles. The van der Waals surface area contributed by atoms with Gasteiger partial charge in [-0.1, -0.05) is 146 Å². The Morgan fingerprint density at radius 1 is 0.379 bits per heavy atom. The molecule has 12 aromatic rings. The van der Waals surface area contributed by atoms with E-state index in [1.165, 1.54) is 60.6 Å². The van der Waals surface area contributed by atoms with Crippen molar-refractivity contribution >= 4 is 49.8 Å². The summed E-state index contributed by atoms with van der Waals surface area (Å²) < 4.78 is 4.74. The first-order valence-electron chi connectivity index (χ1n) is 22.6. The summed E-state index contributed by atoms with van der Waals surface area (Å²) >= 11 is 0. The first-order valence-corrected chi connectivity index (χ1v) is 22.6. The van der Waals surface area contributed by atoms with Crippen LogP contribution in [0.1, 0.15) is 22.3 Å². The number of rotatable bonds is 8. The second kappa shape index (κ2) is 15.2.